The van der Waals surface area contributed by atoms with Gasteiger partial charge in [0, 0.05) is 17.8 Å². The van der Waals surface area contributed by atoms with E-state index in [-0.39, 0.29) is 18.7 Å². The maximum absolute atomic E-state index is 14.0. The molecule has 1 atom stereocenters. The molecule has 9 heteroatoms. The Morgan fingerprint density at radius 3 is 2.95 bits per heavy atom. The number of hydrogen-bond donors (Lipinski definition) is 1. The first-order valence-corrected chi connectivity index (χ1v) is 7.50. The highest BCUT2D eigenvalue weighted by molar-refractivity contribution is 7.09. The van der Waals surface area contributed by atoms with Crippen LogP contribution in [0.1, 0.15) is 21.8 Å². The topological polar surface area (TPSA) is 88.3 Å². The molecule has 3 rings (SSSR count). The number of halogens is 1. The zero-order valence-electron chi connectivity index (χ0n) is 11.5. The number of aliphatic carboxylic acids is 1. The van der Waals surface area contributed by atoms with Crippen LogP contribution in [0.15, 0.2) is 23.7 Å². The van der Waals surface area contributed by atoms with Gasteiger partial charge in [0.15, 0.2) is 5.69 Å². The van der Waals surface area contributed by atoms with Crippen molar-refractivity contribution in [2.75, 3.05) is 13.1 Å². The van der Waals surface area contributed by atoms with Crippen LogP contribution in [0.2, 0.25) is 0 Å². The molecule has 0 aliphatic carbocycles. The Hall–Kier alpha value is -2.29. The number of thiophene rings is 1. The lowest BCUT2D eigenvalue weighted by Crippen LogP contribution is -2.39. The summed E-state index contributed by atoms with van der Waals surface area (Å²) >= 11 is 1.56. The van der Waals surface area contributed by atoms with E-state index in [0.29, 0.717) is 6.54 Å². The third kappa shape index (κ3) is 2.71. The number of nitrogens with zero attached hydrogens (tertiary/aromatic N) is 4. The molecule has 1 unspecified atom stereocenters. The zero-order chi connectivity index (χ0) is 15.7. The third-order valence-electron chi connectivity index (χ3n) is 3.55. The predicted molar refractivity (Wildman–Crippen MR) is 75.4 cm³/mol. The van der Waals surface area contributed by atoms with Crippen LogP contribution in [0.5, 0.6) is 0 Å². The highest BCUT2D eigenvalue weighted by Crippen LogP contribution is 2.26. The van der Waals surface area contributed by atoms with Crippen molar-refractivity contribution in [2.45, 2.75) is 18.6 Å². The lowest BCUT2D eigenvalue weighted by Gasteiger charge is -2.16. The quantitative estimate of drug-likeness (QED) is 0.907. The number of rotatable bonds is 4. The third-order valence-corrected chi connectivity index (χ3v) is 4.41. The molecule has 1 amide bonds. The van der Waals surface area contributed by atoms with E-state index in [9.17, 15) is 14.0 Å². The monoisotopic (exact) mass is 324 g/mol. The highest BCUT2D eigenvalue weighted by Gasteiger charge is 2.47. The minimum atomic E-state index is -2.37. The first kappa shape index (κ1) is 14.6. The van der Waals surface area contributed by atoms with Gasteiger partial charge in [0.05, 0.1) is 19.3 Å². The van der Waals surface area contributed by atoms with Crippen LogP contribution >= 0.6 is 11.3 Å². The van der Waals surface area contributed by atoms with E-state index in [1.807, 2.05) is 17.5 Å². The van der Waals surface area contributed by atoms with Crippen LogP contribution < -0.4 is 0 Å². The summed E-state index contributed by atoms with van der Waals surface area (Å²) in [6.07, 6.45) is 1.28. The fourth-order valence-electron chi connectivity index (χ4n) is 2.32. The number of carbonyl (C=O) groups excluding carboxylic acids is 1. The van der Waals surface area contributed by atoms with E-state index in [0.717, 1.165) is 9.78 Å². The van der Waals surface area contributed by atoms with Gasteiger partial charge in [-0.15, -0.1) is 16.4 Å². The molecule has 2 aromatic heterocycles. The molecule has 0 spiro atoms. The van der Waals surface area contributed by atoms with Crippen LogP contribution in [-0.4, -0.2) is 55.6 Å². The van der Waals surface area contributed by atoms with Gasteiger partial charge in [-0.25, -0.2) is 13.9 Å². The number of hydrogen-bond acceptors (Lipinski definition) is 5. The first-order valence-electron chi connectivity index (χ1n) is 6.62. The molecule has 1 N–H and O–H groups in total. The summed E-state index contributed by atoms with van der Waals surface area (Å²) in [6.45, 7) is 0.0957. The second-order valence-electron chi connectivity index (χ2n) is 5.13. The lowest BCUT2D eigenvalue weighted by molar-refractivity contribution is -0.149. The van der Waals surface area contributed by atoms with Crippen LogP contribution in [0.3, 0.4) is 0 Å². The smallest absolute Gasteiger partial charge is 0.343 e. The molecule has 0 saturated carbocycles. The predicted octanol–water partition coefficient (Wildman–Crippen LogP) is 1.03. The molecule has 22 heavy (non-hydrogen) atoms. The van der Waals surface area contributed by atoms with Gasteiger partial charge in [0.1, 0.15) is 0 Å². The summed E-state index contributed by atoms with van der Waals surface area (Å²) in [5.74, 6) is -2.04. The van der Waals surface area contributed by atoms with Gasteiger partial charge in [-0.2, -0.15) is 0 Å². The number of carbonyl (C=O) groups is 2. The molecule has 0 bridgehead atoms. The van der Waals surface area contributed by atoms with Crippen LogP contribution in [-0.2, 0) is 11.3 Å². The Balaban J connectivity index is 1.69. The number of alkyl halides is 1. The Morgan fingerprint density at radius 2 is 2.32 bits per heavy atom. The van der Waals surface area contributed by atoms with Gasteiger partial charge in [0.25, 0.3) is 5.91 Å². The van der Waals surface area contributed by atoms with E-state index in [2.05, 4.69) is 10.3 Å². The number of likely N-dealkylation sites (tertiary alicyclic amines) is 1. The van der Waals surface area contributed by atoms with Crippen molar-refractivity contribution in [1.82, 2.24) is 19.9 Å². The fraction of sp³-hybridized carbons (Fsp3) is 0.385. The zero-order valence-corrected chi connectivity index (χ0v) is 12.3. The van der Waals surface area contributed by atoms with Crippen molar-refractivity contribution in [3.63, 3.8) is 0 Å². The molecule has 2 aromatic rings. The van der Waals surface area contributed by atoms with E-state index in [4.69, 9.17) is 5.11 Å². The average Bonchev–Trinajstić information content (AvgIpc) is 3.20. The Labute approximate surface area is 129 Å². The van der Waals surface area contributed by atoms with Crippen molar-refractivity contribution in [3.05, 3.63) is 34.3 Å². The summed E-state index contributed by atoms with van der Waals surface area (Å²) in [7, 11) is 0. The van der Waals surface area contributed by atoms with Gasteiger partial charge < -0.3 is 10.0 Å². The maximum atomic E-state index is 14.0. The van der Waals surface area contributed by atoms with E-state index < -0.39 is 24.1 Å². The van der Waals surface area contributed by atoms with Crippen molar-refractivity contribution < 1.29 is 19.1 Å². The minimum Gasteiger partial charge on any atom is -0.479 e. The maximum Gasteiger partial charge on any atom is 0.343 e. The first-order chi connectivity index (χ1) is 10.5. The van der Waals surface area contributed by atoms with E-state index in [1.165, 1.54) is 10.9 Å². The van der Waals surface area contributed by atoms with Crippen LogP contribution in [0.4, 0.5) is 4.39 Å². The van der Waals surface area contributed by atoms with Crippen LogP contribution in [0, 0.1) is 0 Å². The summed E-state index contributed by atoms with van der Waals surface area (Å²) < 4.78 is 15.5. The molecule has 3 heterocycles. The molecule has 1 fully saturated rings. The second-order valence-corrected chi connectivity index (χ2v) is 6.16. The van der Waals surface area contributed by atoms with E-state index >= 15 is 0 Å². The molecule has 0 aromatic carbocycles. The number of carboxylic acid groups (broad SMARTS) is 1. The summed E-state index contributed by atoms with van der Waals surface area (Å²) in [6, 6.07) is 3.86. The summed E-state index contributed by atoms with van der Waals surface area (Å²) in [5, 5.41) is 18.4. The SMILES string of the molecule is O=C(c1cn(Cc2cccs2)nn1)N1CCC(F)(C(=O)O)C1. The number of amides is 1. The molecule has 1 saturated heterocycles. The molecule has 116 valence electrons. The Kier molecular flexibility index (Phi) is 3.65. The molecule has 0 radical (unpaired) electrons. The van der Waals surface area contributed by atoms with Crippen molar-refractivity contribution >= 4 is 23.2 Å². The average molecular weight is 324 g/mol. The Bertz CT molecular complexity index is 702. The van der Waals surface area contributed by atoms with Crippen molar-refractivity contribution in [2.24, 2.45) is 0 Å². The van der Waals surface area contributed by atoms with Gasteiger partial charge in [0.2, 0.25) is 5.67 Å². The minimum absolute atomic E-state index is 0.0550. The largest absolute Gasteiger partial charge is 0.479 e. The van der Waals surface area contributed by atoms with Gasteiger partial charge in [-0.3, -0.25) is 4.79 Å². The molecular weight excluding hydrogens is 311 g/mol. The van der Waals surface area contributed by atoms with Gasteiger partial charge in [-0.1, -0.05) is 11.3 Å². The summed E-state index contributed by atoms with van der Waals surface area (Å²) in [4.78, 5) is 25.3. The van der Waals surface area contributed by atoms with E-state index in [1.54, 1.807) is 11.3 Å². The molecule has 1 aliphatic heterocycles. The number of carboxylic acids is 1. The molecular formula is C13H13FN4O3S. The molecule has 7 nitrogen and oxygen atoms in total. The summed E-state index contributed by atoms with van der Waals surface area (Å²) in [5.41, 5.74) is -2.28. The number of aromatic nitrogens is 3. The normalized spacial score (nSPS) is 21.2. The lowest BCUT2D eigenvalue weighted by atomic mass is 10.1. The standard InChI is InChI=1S/C13H13FN4O3S/c14-13(12(20)21)3-4-17(8-13)11(19)10-7-18(16-15-10)6-9-2-1-5-22-9/h1-2,5,7H,3-4,6,8H2,(H,20,21). The Morgan fingerprint density at radius 1 is 1.50 bits per heavy atom. The fourth-order valence-corrected chi connectivity index (χ4v) is 3.01. The van der Waals surface area contributed by atoms with Gasteiger partial charge >= 0.3 is 5.97 Å². The van der Waals surface area contributed by atoms with Gasteiger partial charge in [-0.05, 0) is 11.4 Å². The van der Waals surface area contributed by atoms with Crippen LogP contribution in [0.25, 0.3) is 0 Å². The second kappa shape index (κ2) is 5.48. The van der Waals surface area contributed by atoms with Crippen molar-refractivity contribution in [1.29, 1.82) is 0 Å². The van der Waals surface area contributed by atoms with Crippen molar-refractivity contribution in [3.8, 4) is 0 Å². The molecule has 1 aliphatic rings. The highest BCUT2D eigenvalue weighted by atomic mass is 32.1.